The molecule has 0 saturated heterocycles. The fraction of sp³-hybridized carbons (Fsp3) is 0.647. The molecule has 1 aromatic rings. The van der Waals surface area contributed by atoms with Crippen molar-refractivity contribution in [3.63, 3.8) is 0 Å². The lowest BCUT2D eigenvalue weighted by atomic mass is 9.85. The summed E-state index contributed by atoms with van der Waals surface area (Å²) in [5.41, 5.74) is -0.252. The SMILES string of the molecule is CC(C)C1CCCC(O)(Cc2cccc(Cl)c2F)CC1. The fourth-order valence-electron chi connectivity index (χ4n) is 3.30. The van der Waals surface area contributed by atoms with Crippen molar-refractivity contribution in [2.24, 2.45) is 11.8 Å². The predicted molar refractivity (Wildman–Crippen MR) is 81.5 cm³/mol. The lowest BCUT2D eigenvalue weighted by Gasteiger charge is -2.27. The summed E-state index contributed by atoms with van der Waals surface area (Å²) >= 11 is 5.82. The Hall–Kier alpha value is -0.600. The molecule has 0 amide bonds. The molecule has 0 aromatic heterocycles. The molecule has 2 unspecified atom stereocenters. The van der Waals surface area contributed by atoms with E-state index in [1.54, 1.807) is 18.2 Å². The van der Waals surface area contributed by atoms with Gasteiger partial charge < -0.3 is 5.11 Å². The predicted octanol–water partition coefficient (Wildman–Crippen LogP) is 4.99. The Labute approximate surface area is 126 Å². The van der Waals surface area contributed by atoms with Crippen molar-refractivity contribution in [1.82, 2.24) is 0 Å². The Bertz CT molecular complexity index is 460. The second-order valence-corrected chi connectivity index (χ2v) is 6.96. The summed E-state index contributed by atoms with van der Waals surface area (Å²) in [6.07, 6.45) is 5.07. The molecule has 1 aliphatic carbocycles. The molecule has 3 heteroatoms. The normalized spacial score (nSPS) is 27.6. The Balaban J connectivity index is 2.09. The summed E-state index contributed by atoms with van der Waals surface area (Å²) < 4.78 is 14.0. The lowest BCUT2D eigenvalue weighted by Crippen LogP contribution is -2.31. The first-order valence-electron chi connectivity index (χ1n) is 7.56. The molecule has 2 rings (SSSR count). The molecule has 112 valence electrons. The van der Waals surface area contributed by atoms with Crippen LogP contribution in [0.15, 0.2) is 18.2 Å². The standard InChI is InChI=1S/C17H24ClFO/c1-12(2)13-6-4-9-17(20,10-8-13)11-14-5-3-7-15(18)16(14)19/h3,5,7,12-13,20H,4,6,8-11H2,1-2H3. The van der Waals surface area contributed by atoms with E-state index >= 15 is 0 Å². The highest BCUT2D eigenvalue weighted by molar-refractivity contribution is 6.30. The van der Waals surface area contributed by atoms with Crippen LogP contribution in [0.1, 0.15) is 51.5 Å². The molecule has 1 fully saturated rings. The zero-order chi connectivity index (χ0) is 14.8. The topological polar surface area (TPSA) is 20.2 Å². The molecular formula is C17H24ClFO. The fourth-order valence-corrected chi connectivity index (χ4v) is 3.49. The van der Waals surface area contributed by atoms with Crippen LogP contribution in [0.5, 0.6) is 0 Å². The minimum atomic E-state index is -0.783. The van der Waals surface area contributed by atoms with Crippen molar-refractivity contribution >= 4 is 11.6 Å². The summed E-state index contributed by atoms with van der Waals surface area (Å²) in [6.45, 7) is 4.48. The van der Waals surface area contributed by atoms with E-state index < -0.39 is 5.60 Å². The van der Waals surface area contributed by atoms with E-state index in [0.29, 0.717) is 23.8 Å². The molecule has 0 radical (unpaired) electrons. The van der Waals surface area contributed by atoms with E-state index in [4.69, 9.17) is 11.6 Å². The number of hydrogen-bond donors (Lipinski definition) is 1. The minimum Gasteiger partial charge on any atom is -0.390 e. The zero-order valence-electron chi connectivity index (χ0n) is 12.3. The number of aliphatic hydroxyl groups is 1. The first-order chi connectivity index (χ1) is 9.41. The van der Waals surface area contributed by atoms with Crippen LogP contribution in [0.3, 0.4) is 0 Å². The van der Waals surface area contributed by atoms with E-state index in [2.05, 4.69) is 13.8 Å². The van der Waals surface area contributed by atoms with Crippen molar-refractivity contribution in [3.05, 3.63) is 34.6 Å². The van der Waals surface area contributed by atoms with Crippen LogP contribution in [-0.4, -0.2) is 10.7 Å². The summed E-state index contributed by atoms with van der Waals surface area (Å²) in [7, 11) is 0. The van der Waals surface area contributed by atoms with Crippen LogP contribution >= 0.6 is 11.6 Å². The van der Waals surface area contributed by atoms with Gasteiger partial charge >= 0.3 is 0 Å². The van der Waals surface area contributed by atoms with Gasteiger partial charge in [0.25, 0.3) is 0 Å². The number of rotatable bonds is 3. The number of benzene rings is 1. The molecule has 2 atom stereocenters. The van der Waals surface area contributed by atoms with Gasteiger partial charge in [0, 0.05) is 6.42 Å². The van der Waals surface area contributed by atoms with Crippen molar-refractivity contribution < 1.29 is 9.50 Å². The van der Waals surface area contributed by atoms with Gasteiger partial charge in [-0.2, -0.15) is 0 Å². The van der Waals surface area contributed by atoms with Crippen molar-refractivity contribution in [3.8, 4) is 0 Å². The van der Waals surface area contributed by atoms with E-state index in [9.17, 15) is 9.50 Å². The van der Waals surface area contributed by atoms with Gasteiger partial charge in [-0.15, -0.1) is 0 Å². The first kappa shape index (κ1) is 15.8. The average molecular weight is 299 g/mol. The summed E-state index contributed by atoms with van der Waals surface area (Å²) in [6, 6.07) is 5.02. The van der Waals surface area contributed by atoms with Gasteiger partial charge in [0.05, 0.1) is 10.6 Å². The monoisotopic (exact) mass is 298 g/mol. The maximum atomic E-state index is 14.0. The highest BCUT2D eigenvalue weighted by atomic mass is 35.5. The molecule has 1 aliphatic rings. The van der Waals surface area contributed by atoms with Crippen LogP contribution < -0.4 is 0 Å². The van der Waals surface area contributed by atoms with Crippen molar-refractivity contribution in [2.45, 2.75) is 58.0 Å². The van der Waals surface area contributed by atoms with Gasteiger partial charge in [0.2, 0.25) is 0 Å². The molecule has 1 nitrogen and oxygen atoms in total. The van der Waals surface area contributed by atoms with E-state index in [1.807, 2.05) is 0 Å². The second kappa shape index (κ2) is 6.44. The highest BCUT2D eigenvalue weighted by Gasteiger charge is 2.32. The van der Waals surface area contributed by atoms with E-state index in [0.717, 1.165) is 32.1 Å². The average Bonchev–Trinajstić information content (AvgIpc) is 2.57. The Morgan fingerprint density at radius 1 is 1.35 bits per heavy atom. The van der Waals surface area contributed by atoms with Gasteiger partial charge in [-0.05, 0) is 42.7 Å². The Morgan fingerprint density at radius 2 is 2.10 bits per heavy atom. The second-order valence-electron chi connectivity index (χ2n) is 6.55. The highest BCUT2D eigenvalue weighted by Crippen LogP contribution is 2.36. The van der Waals surface area contributed by atoms with Crippen LogP contribution in [0.2, 0.25) is 5.02 Å². The van der Waals surface area contributed by atoms with Gasteiger partial charge in [-0.1, -0.05) is 50.4 Å². The molecule has 0 heterocycles. The minimum absolute atomic E-state index is 0.139. The molecule has 20 heavy (non-hydrogen) atoms. The van der Waals surface area contributed by atoms with E-state index in [-0.39, 0.29) is 10.8 Å². The van der Waals surface area contributed by atoms with Gasteiger partial charge in [0.1, 0.15) is 5.82 Å². The maximum absolute atomic E-state index is 14.0. The third-order valence-corrected chi connectivity index (χ3v) is 4.98. The van der Waals surface area contributed by atoms with E-state index in [1.165, 1.54) is 0 Å². The first-order valence-corrected chi connectivity index (χ1v) is 7.94. The molecule has 1 saturated carbocycles. The van der Waals surface area contributed by atoms with Crippen LogP contribution in [-0.2, 0) is 6.42 Å². The van der Waals surface area contributed by atoms with Crippen molar-refractivity contribution in [1.29, 1.82) is 0 Å². The molecule has 0 spiro atoms. The molecular weight excluding hydrogens is 275 g/mol. The van der Waals surface area contributed by atoms with Crippen LogP contribution in [0, 0.1) is 17.7 Å². The molecule has 0 aliphatic heterocycles. The third kappa shape index (κ3) is 3.73. The number of halogens is 2. The Kier molecular flexibility index (Phi) is 5.09. The quantitative estimate of drug-likeness (QED) is 0.780. The van der Waals surface area contributed by atoms with Crippen molar-refractivity contribution in [2.75, 3.05) is 0 Å². The van der Waals surface area contributed by atoms with Gasteiger partial charge in [-0.25, -0.2) is 4.39 Å². The van der Waals surface area contributed by atoms with Gasteiger partial charge in [0.15, 0.2) is 0 Å². The Morgan fingerprint density at radius 3 is 2.80 bits per heavy atom. The number of hydrogen-bond acceptors (Lipinski definition) is 1. The summed E-state index contributed by atoms with van der Waals surface area (Å²) in [5, 5.41) is 10.9. The maximum Gasteiger partial charge on any atom is 0.145 e. The third-order valence-electron chi connectivity index (χ3n) is 4.69. The lowest BCUT2D eigenvalue weighted by molar-refractivity contribution is 0.0229. The molecule has 0 bridgehead atoms. The van der Waals surface area contributed by atoms with Gasteiger partial charge in [-0.3, -0.25) is 0 Å². The van der Waals surface area contributed by atoms with Crippen LogP contribution in [0.25, 0.3) is 0 Å². The zero-order valence-corrected chi connectivity index (χ0v) is 13.1. The summed E-state index contributed by atoms with van der Waals surface area (Å²) in [4.78, 5) is 0. The molecule has 1 aromatic carbocycles. The molecule has 1 N–H and O–H groups in total. The summed E-state index contributed by atoms with van der Waals surface area (Å²) in [5.74, 6) is 0.945. The smallest absolute Gasteiger partial charge is 0.145 e. The largest absolute Gasteiger partial charge is 0.390 e. The van der Waals surface area contributed by atoms with Crippen LogP contribution in [0.4, 0.5) is 4.39 Å².